The normalized spacial score (nSPS) is 18.4. The number of likely N-dealkylation sites (tertiary alicyclic amines) is 1. The van der Waals surface area contributed by atoms with E-state index in [9.17, 15) is 9.59 Å². The SMILES string of the molecule is CC1CCN(C(=O)Cn2cc(/C=C3/C(=O)N(c4ccccc4)C(=S)N3C)c3cc(Br)ccc32)CC1. The van der Waals surface area contributed by atoms with E-state index in [4.69, 9.17) is 12.2 Å². The van der Waals surface area contributed by atoms with Crippen molar-refractivity contribution in [2.75, 3.05) is 25.0 Å². The summed E-state index contributed by atoms with van der Waals surface area (Å²) in [6, 6.07) is 15.4. The first-order chi connectivity index (χ1) is 16.8. The smallest absolute Gasteiger partial charge is 0.281 e. The Kier molecular flexibility index (Phi) is 6.51. The van der Waals surface area contributed by atoms with Gasteiger partial charge in [0, 0.05) is 47.3 Å². The van der Waals surface area contributed by atoms with Crippen LogP contribution >= 0.6 is 28.1 Å². The van der Waals surface area contributed by atoms with E-state index in [0.717, 1.165) is 52.6 Å². The largest absolute Gasteiger partial charge is 0.341 e. The Morgan fingerprint density at radius 3 is 2.57 bits per heavy atom. The van der Waals surface area contributed by atoms with Gasteiger partial charge in [-0.05, 0) is 67.4 Å². The van der Waals surface area contributed by atoms with Crippen molar-refractivity contribution in [2.24, 2.45) is 5.92 Å². The molecule has 0 unspecified atom stereocenters. The average Bonchev–Trinajstić information content (AvgIpc) is 3.28. The lowest BCUT2D eigenvalue weighted by Crippen LogP contribution is -2.39. The average molecular weight is 552 g/mol. The molecule has 6 nitrogen and oxygen atoms in total. The van der Waals surface area contributed by atoms with Gasteiger partial charge in [-0.3, -0.25) is 14.5 Å². The number of nitrogens with zero attached hydrogens (tertiary/aromatic N) is 4. The summed E-state index contributed by atoms with van der Waals surface area (Å²) in [4.78, 5) is 31.7. The fourth-order valence-corrected chi connectivity index (χ4v) is 5.40. The summed E-state index contributed by atoms with van der Waals surface area (Å²) in [6.45, 7) is 4.14. The number of likely N-dealkylation sites (N-methyl/N-ethyl adjacent to an activating group) is 1. The Morgan fingerprint density at radius 1 is 1.14 bits per heavy atom. The number of benzene rings is 2. The van der Waals surface area contributed by atoms with Crippen LogP contribution < -0.4 is 4.90 Å². The van der Waals surface area contributed by atoms with E-state index in [1.807, 2.05) is 77.3 Å². The number of anilines is 1. The minimum Gasteiger partial charge on any atom is -0.341 e. The van der Waals surface area contributed by atoms with Crippen LogP contribution in [0.5, 0.6) is 0 Å². The van der Waals surface area contributed by atoms with Crippen LogP contribution in [0.1, 0.15) is 25.3 Å². The van der Waals surface area contributed by atoms with Crippen LogP contribution in [0.15, 0.2) is 64.9 Å². The number of aromatic nitrogens is 1. The molecule has 3 aromatic rings. The summed E-state index contributed by atoms with van der Waals surface area (Å²) >= 11 is 9.17. The van der Waals surface area contributed by atoms with Gasteiger partial charge in [0.25, 0.3) is 5.91 Å². The maximum Gasteiger partial charge on any atom is 0.281 e. The molecule has 2 aliphatic heterocycles. The highest BCUT2D eigenvalue weighted by Gasteiger charge is 2.37. The number of rotatable bonds is 4. The van der Waals surface area contributed by atoms with Gasteiger partial charge in [-0.2, -0.15) is 0 Å². The zero-order valence-electron chi connectivity index (χ0n) is 19.8. The van der Waals surface area contributed by atoms with E-state index >= 15 is 0 Å². The lowest BCUT2D eigenvalue weighted by molar-refractivity contribution is -0.133. The first-order valence-electron chi connectivity index (χ1n) is 11.8. The predicted octanol–water partition coefficient (Wildman–Crippen LogP) is 5.27. The van der Waals surface area contributed by atoms with Crippen LogP contribution in [-0.2, 0) is 16.1 Å². The van der Waals surface area contributed by atoms with Crippen LogP contribution in [0.3, 0.4) is 0 Å². The van der Waals surface area contributed by atoms with Crippen molar-refractivity contribution < 1.29 is 9.59 Å². The number of piperidine rings is 1. The Balaban J connectivity index is 1.50. The molecule has 0 bridgehead atoms. The van der Waals surface area contributed by atoms with Gasteiger partial charge in [0.1, 0.15) is 12.2 Å². The molecule has 5 rings (SSSR count). The number of thiocarbonyl (C=S) groups is 1. The lowest BCUT2D eigenvalue weighted by Gasteiger charge is -2.30. The molecule has 2 aliphatic rings. The number of carbonyl (C=O) groups is 2. The monoisotopic (exact) mass is 550 g/mol. The molecule has 180 valence electrons. The molecule has 2 amide bonds. The van der Waals surface area contributed by atoms with Gasteiger partial charge >= 0.3 is 0 Å². The molecule has 2 aromatic carbocycles. The highest BCUT2D eigenvalue weighted by molar-refractivity contribution is 9.10. The van der Waals surface area contributed by atoms with Crippen molar-refractivity contribution in [3.63, 3.8) is 0 Å². The fraction of sp³-hybridized carbons (Fsp3) is 0.296. The minimum absolute atomic E-state index is 0.126. The van der Waals surface area contributed by atoms with Gasteiger partial charge in [-0.1, -0.05) is 41.1 Å². The Labute approximate surface area is 218 Å². The van der Waals surface area contributed by atoms with Crippen molar-refractivity contribution in [3.05, 3.63) is 70.5 Å². The third-order valence-corrected chi connectivity index (χ3v) is 7.83. The summed E-state index contributed by atoms with van der Waals surface area (Å²) in [5.74, 6) is 0.629. The first kappa shape index (κ1) is 23.8. The highest BCUT2D eigenvalue weighted by atomic mass is 79.9. The summed E-state index contributed by atoms with van der Waals surface area (Å²) < 4.78 is 2.92. The third kappa shape index (κ3) is 4.52. The van der Waals surface area contributed by atoms with Gasteiger partial charge in [-0.25, -0.2) is 0 Å². The number of para-hydroxylation sites is 1. The van der Waals surface area contributed by atoms with Gasteiger partial charge < -0.3 is 14.4 Å². The molecular weight excluding hydrogens is 524 g/mol. The molecule has 0 radical (unpaired) electrons. The van der Waals surface area contributed by atoms with Crippen molar-refractivity contribution in [2.45, 2.75) is 26.3 Å². The number of halogens is 1. The Bertz CT molecular complexity index is 1340. The van der Waals surface area contributed by atoms with Crippen molar-refractivity contribution in [3.8, 4) is 0 Å². The van der Waals surface area contributed by atoms with E-state index in [2.05, 4.69) is 22.9 Å². The van der Waals surface area contributed by atoms with Gasteiger partial charge in [0.2, 0.25) is 5.91 Å². The molecule has 2 saturated heterocycles. The maximum atomic E-state index is 13.4. The van der Waals surface area contributed by atoms with Crippen molar-refractivity contribution in [1.82, 2.24) is 14.4 Å². The van der Waals surface area contributed by atoms with E-state index in [1.54, 1.807) is 9.80 Å². The number of hydrogen-bond donors (Lipinski definition) is 0. The molecule has 0 saturated carbocycles. The van der Waals surface area contributed by atoms with Gasteiger partial charge in [0.05, 0.1) is 5.69 Å². The van der Waals surface area contributed by atoms with E-state index in [1.165, 1.54) is 0 Å². The molecule has 35 heavy (non-hydrogen) atoms. The van der Waals surface area contributed by atoms with Crippen LogP contribution in [0, 0.1) is 5.92 Å². The number of hydrogen-bond acceptors (Lipinski definition) is 3. The zero-order chi connectivity index (χ0) is 24.7. The van der Waals surface area contributed by atoms with E-state index in [0.29, 0.717) is 16.7 Å². The third-order valence-electron chi connectivity index (χ3n) is 6.88. The summed E-state index contributed by atoms with van der Waals surface area (Å²) in [5, 5.41) is 1.41. The van der Waals surface area contributed by atoms with E-state index < -0.39 is 0 Å². The zero-order valence-corrected chi connectivity index (χ0v) is 22.2. The molecular formula is C27H27BrN4O2S. The van der Waals surface area contributed by atoms with Gasteiger partial charge in [0.15, 0.2) is 5.11 Å². The topological polar surface area (TPSA) is 48.8 Å². The highest BCUT2D eigenvalue weighted by Crippen LogP contribution is 2.31. The number of carbonyl (C=O) groups excluding carboxylic acids is 2. The van der Waals surface area contributed by atoms with Crippen LogP contribution in [0.4, 0.5) is 5.69 Å². The van der Waals surface area contributed by atoms with Crippen LogP contribution in [0.2, 0.25) is 0 Å². The predicted molar refractivity (Wildman–Crippen MR) is 147 cm³/mol. The Morgan fingerprint density at radius 2 is 1.86 bits per heavy atom. The first-order valence-corrected chi connectivity index (χ1v) is 13.0. The number of fused-ring (bicyclic) bond motifs is 1. The van der Waals surface area contributed by atoms with Crippen LogP contribution in [0.25, 0.3) is 17.0 Å². The van der Waals surface area contributed by atoms with Crippen molar-refractivity contribution in [1.29, 1.82) is 0 Å². The second-order valence-electron chi connectivity index (χ2n) is 9.28. The molecule has 2 fully saturated rings. The summed E-state index contributed by atoms with van der Waals surface area (Å²) in [7, 11) is 1.81. The molecule has 1 aromatic heterocycles. The lowest BCUT2D eigenvalue weighted by atomic mass is 9.99. The molecule has 8 heteroatoms. The van der Waals surface area contributed by atoms with Crippen molar-refractivity contribution >= 4 is 67.7 Å². The van der Waals surface area contributed by atoms with Gasteiger partial charge in [-0.15, -0.1) is 0 Å². The van der Waals surface area contributed by atoms with Crippen LogP contribution in [-0.4, -0.2) is 51.4 Å². The molecule has 0 N–H and O–H groups in total. The molecule has 3 heterocycles. The number of amides is 2. The molecule has 0 aliphatic carbocycles. The maximum absolute atomic E-state index is 13.4. The van der Waals surface area contributed by atoms with E-state index in [-0.39, 0.29) is 18.4 Å². The summed E-state index contributed by atoms with van der Waals surface area (Å²) in [6.07, 6.45) is 5.93. The fourth-order valence-electron chi connectivity index (χ4n) is 4.75. The quantitative estimate of drug-likeness (QED) is 0.328. The minimum atomic E-state index is -0.168. The second-order valence-corrected chi connectivity index (χ2v) is 10.6. The summed E-state index contributed by atoms with van der Waals surface area (Å²) in [5.41, 5.74) is 3.06. The molecule has 0 spiro atoms. The Hall–Kier alpha value is -2.97. The second kappa shape index (κ2) is 9.59. The molecule has 0 atom stereocenters. The standard InChI is InChI=1S/C27H27BrN4O2S/c1-18-10-12-30(13-11-18)25(33)17-31-16-19(22-15-20(28)8-9-23(22)31)14-24-26(34)32(27(35)29(24)2)21-6-4-3-5-7-21/h3-9,14-16,18H,10-13,17H2,1-2H3/b24-14-.